The number of tetrazole rings is 1. The Labute approximate surface area is 132 Å². The lowest BCUT2D eigenvalue weighted by molar-refractivity contribution is -0.122. The largest absolute Gasteiger partial charge is 0.342 e. The van der Waals surface area contributed by atoms with Crippen LogP contribution in [0, 0.1) is 6.92 Å². The molecule has 1 aliphatic heterocycles. The maximum atomic E-state index is 12.5. The van der Waals surface area contributed by atoms with Crippen LogP contribution in [0.15, 0.2) is 18.3 Å². The van der Waals surface area contributed by atoms with E-state index in [0.717, 1.165) is 35.6 Å². The van der Waals surface area contributed by atoms with Crippen LogP contribution in [0.5, 0.6) is 0 Å². The summed E-state index contributed by atoms with van der Waals surface area (Å²) in [4.78, 5) is 16.7. The van der Waals surface area contributed by atoms with Crippen molar-refractivity contribution in [3.05, 3.63) is 35.4 Å². The van der Waals surface area contributed by atoms with Crippen LogP contribution in [0.3, 0.4) is 0 Å². The lowest BCUT2D eigenvalue weighted by Crippen LogP contribution is -2.50. The van der Waals surface area contributed by atoms with Crippen LogP contribution in [0.1, 0.15) is 29.9 Å². The third-order valence-corrected chi connectivity index (χ3v) is 5.13. The molecule has 22 heavy (non-hydrogen) atoms. The van der Waals surface area contributed by atoms with Crippen molar-refractivity contribution in [2.24, 2.45) is 0 Å². The van der Waals surface area contributed by atoms with Gasteiger partial charge < -0.3 is 5.32 Å². The van der Waals surface area contributed by atoms with E-state index in [1.54, 1.807) is 18.0 Å². The fraction of sp³-hybridized carbons (Fsp3) is 0.500. The van der Waals surface area contributed by atoms with Gasteiger partial charge in [-0.2, -0.15) is 17.0 Å². The highest BCUT2D eigenvalue weighted by Gasteiger charge is 2.39. The van der Waals surface area contributed by atoms with Crippen LogP contribution in [0.25, 0.3) is 0 Å². The van der Waals surface area contributed by atoms with Gasteiger partial charge in [-0.05, 0) is 37.1 Å². The van der Waals surface area contributed by atoms with Crippen molar-refractivity contribution in [3.8, 4) is 0 Å². The zero-order valence-electron chi connectivity index (χ0n) is 12.4. The average Bonchev–Trinajstić information content (AvgIpc) is 3.05. The number of nitrogens with one attached hydrogen (secondary N) is 2. The van der Waals surface area contributed by atoms with E-state index in [-0.39, 0.29) is 5.91 Å². The minimum absolute atomic E-state index is 0.0385. The number of rotatable bonds is 4. The Bertz CT molecular complexity index is 639. The number of hydrogen-bond acceptors (Lipinski definition) is 6. The Morgan fingerprint density at radius 3 is 3.14 bits per heavy atom. The number of carbonyl (C=O) groups is 1. The molecule has 0 radical (unpaired) electrons. The van der Waals surface area contributed by atoms with E-state index in [1.165, 1.54) is 0 Å². The predicted molar refractivity (Wildman–Crippen MR) is 83.2 cm³/mol. The van der Waals surface area contributed by atoms with Crippen LogP contribution in [-0.4, -0.2) is 43.0 Å². The van der Waals surface area contributed by atoms with E-state index in [2.05, 4.69) is 30.9 Å². The topological polar surface area (TPSA) is 96.5 Å². The third-order valence-electron chi connectivity index (χ3n) is 3.86. The van der Waals surface area contributed by atoms with Gasteiger partial charge in [0.1, 0.15) is 5.54 Å². The van der Waals surface area contributed by atoms with Gasteiger partial charge in [-0.25, -0.2) is 0 Å². The van der Waals surface area contributed by atoms with Crippen molar-refractivity contribution in [1.29, 1.82) is 0 Å². The van der Waals surface area contributed by atoms with Crippen molar-refractivity contribution in [2.75, 3.05) is 11.5 Å². The van der Waals surface area contributed by atoms with Crippen molar-refractivity contribution in [2.45, 2.75) is 31.7 Å². The maximum Gasteiger partial charge on any atom is 0.225 e. The van der Waals surface area contributed by atoms with E-state index in [0.29, 0.717) is 12.2 Å². The molecule has 0 aliphatic carbocycles. The van der Waals surface area contributed by atoms with Crippen LogP contribution >= 0.6 is 11.8 Å². The molecule has 1 aliphatic rings. The lowest BCUT2D eigenvalue weighted by Gasteiger charge is -2.34. The first-order valence-corrected chi connectivity index (χ1v) is 8.38. The minimum atomic E-state index is -0.525. The highest BCUT2D eigenvalue weighted by atomic mass is 32.2. The molecule has 0 bridgehead atoms. The Morgan fingerprint density at radius 1 is 1.55 bits per heavy atom. The summed E-state index contributed by atoms with van der Waals surface area (Å²) < 4.78 is 0. The molecule has 2 aromatic rings. The summed E-state index contributed by atoms with van der Waals surface area (Å²) >= 11 is 1.80. The molecule has 116 valence electrons. The summed E-state index contributed by atoms with van der Waals surface area (Å²) in [5.41, 5.74) is 1.29. The number of H-pyrrole nitrogens is 1. The van der Waals surface area contributed by atoms with E-state index >= 15 is 0 Å². The van der Waals surface area contributed by atoms with Crippen LogP contribution in [0.4, 0.5) is 0 Å². The average molecular weight is 318 g/mol. The molecule has 3 heterocycles. The highest BCUT2D eigenvalue weighted by Crippen LogP contribution is 2.33. The molecular weight excluding hydrogens is 300 g/mol. The molecule has 2 aromatic heterocycles. The van der Waals surface area contributed by atoms with Crippen molar-refractivity contribution in [3.63, 3.8) is 0 Å². The second kappa shape index (κ2) is 6.43. The summed E-state index contributed by atoms with van der Waals surface area (Å²) in [6.45, 7) is 1.91. The minimum Gasteiger partial charge on any atom is -0.342 e. The Morgan fingerprint density at radius 2 is 2.45 bits per heavy atom. The SMILES string of the molecule is Cc1ncccc1CC(=O)NC1(c2nn[nH]n2)CCCSC1. The fourth-order valence-corrected chi connectivity index (χ4v) is 3.87. The number of aryl methyl sites for hydroxylation is 1. The number of pyridine rings is 1. The van der Waals surface area contributed by atoms with E-state index < -0.39 is 5.54 Å². The predicted octanol–water partition coefficient (Wildman–Crippen LogP) is 0.984. The van der Waals surface area contributed by atoms with Gasteiger partial charge in [-0.3, -0.25) is 9.78 Å². The number of thioether (sulfide) groups is 1. The molecule has 1 amide bonds. The van der Waals surface area contributed by atoms with Gasteiger partial charge in [-0.1, -0.05) is 11.3 Å². The number of aromatic nitrogens is 5. The summed E-state index contributed by atoms with van der Waals surface area (Å²) in [6.07, 6.45) is 3.89. The van der Waals surface area contributed by atoms with E-state index in [1.807, 2.05) is 19.1 Å². The summed E-state index contributed by atoms with van der Waals surface area (Å²) in [6, 6.07) is 3.78. The molecule has 1 saturated heterocycles. The number of aromatic amines is 1. The lowest BCUT2D eigenvalue weighted by atomic mass is 9.93. The number of amides is 1. The molecule has 8 heteroatoms. The number of carbonyl (C=O) groups excluding carboxylic acids is 1. The van der Waals surface area contributed by atoms with Gasteiger partial charge in [0.05, 0.1) is 6.42 Å². The first-order valence-electron chi connectivity index (χ1n) is 7.23. The summed E-state index contributed by atoms with van der Waals surface area (Å²) in [5.74, 6) is 2.39. The monoisotopic (exact) mass is 318 g/mol. The van der Waals surface area contributed by atoms with Gasteiger partial charge in [-0.15, -0.1) is 10.2 Å². The normalized spacial score (nSPS) is 21.5. The molecule has 0 aromatic carbocycles. The molecule has 2 N–H and O–H groups in total. The molecule has 3 rings (SSSR count). The quantitative estimate of drug-likeness (QED) is 0.872. The first kappa shape index (κ1) is 15.0. The summed E-state index contributed by atoms with van der Waals surface area (Å²) in [7, 11) is 0. The van der Waals surface area contributed by atoms with E-state index in [9.17, 15) is 4.79 Å². The van der Waals surface area contributed by atoms with Crippen LogP contribution in [-0.2, 0) is 16.8 Å². The van der Waals surface area contributed by atoms with E-state index in [4.69, 9.17) is 0 Å². The van der Waals surface area contributed by atoms with Gasteiger partial charge in [0.2, 0.25) is 11.7 Å². The molecule has 7 nitrogen and oxygen atoms in total. The molecule has 1 unspecified atom stereocenters. The highest BCUT2D eigenvalue weighted by molar-refractivity contribution is 7.99. The van der Waals surface area contributed by atoms with Crippen LogP contribution < -0.4 is 5.32 Å². The fourth-order valence-electron chi connectivity index (χ4n) is 2.68. The van der Waals surface area contributed by atoms with Crippen molar-refractivity contribution < 1.29 is 4.79 Å². The van der Waals surface area contributed by atoms with Gasteiger partial charge in [0.25, 0.3) is 0 Å². The molecule has 0 saturated carbocycles. The zero-order valence-corrected chi connectivity index (χ0v) is 13.2. The Hall–Kier alpha value is -1.96. The second-order valence-corrected chi connectivity index (χ2v) is 6.55. The maximum absolute atomic E-state index is 12.5. The number of nitrogens with zero attached hydrogens (tertiary/aromatic N) is 4. The van der Waals surface area contributed by atoms with Crippen molar-refractivity contribution >= 4 is 17.7 Å². The van der Waals surface area contributed by atoms with Gasteiger partial charge >= 0.3 is 0 Å². The standard InChI is InChI=1S/C14H18N6OS/c1-10-11(4-2-6-15-10)8-12(21)16-14(5-3-7-22-9-14)13-17-19-20-18-13/h2,4,6H,3,5,7-9H2,1H3,(H,16,21)(H,17,18,19,20). The smallest absolute Gasteiger partial charge is 0.225 e. The first-order chi connectivity index (χ1) is 10.7. The number of hydrogen-bond donors (Lipinski definition) is 2. The third kappa shape index (κ3) is 3.11. The molecular formula is C14H18N6OS. The van der Waals surface area contributed by atoms with Gasteiger partial charge in [0.15, 0.2) is 0 Å². The second-order valence-electron chi connectivity index (χ2n) is 5.45. The molecule has 0 spiro atoms. The molecule has 1 atom stereocenters. The Kier molecular flexibility index (Phi) is 4.37. The molecule has 1 fully saturated rings. The van der Waals surface area contributed by atoms with Crippen molar-refractivity contribution in [1.82, 2.24) is 30.9 Å². The zero-order chi connectivity index (χ0) is 15.4. The Balaban J connectivity index is 1.76. The van der Waals surface area contributed by atoms with Gasteiger partial charge in [0, 0.05) is 17.6 Å². The van der Waals surface area contributed by atoms with Crippen LogP contribution in [0.2, 0.25) is 0 Å². The summed E-state index contributed by atoms with van der Waals surface area (Å²) in [5, 5.41) is 17.5.